The lowest BCUT2D eigenvalue weighted by atomic mass is 10.2. The summed E-state index contributed by atoms with van der Waals surface area (Å²) in [5.74, 6) is 0. The van der Waals surface area contributed by atoms with E-state index >= 15 is 0 Å². The van der Waals surface area contributed by atoms with Gasteiger partial charge in [-0.2, -0.15) is 8.42 Å². The van der Waals surface area contributed by atoms with Gasteiger partial charge in [-0.05, 0) is 24.6 Å². The van der Waals surface area contributed by atoms with Crippen LogP contribution in [0.5, 0.6) is 0 Å². The molecule has 0 fully saturated rings. The van der Waals surface area contributed by atoms with Crippen molar-refractivity contribution >= 4 is 22.1 Å². The molecular formula is C10H12N2O3S. The normalized spacial score (nSPS) is 15.8. The molecule has 1 aromatic carbocycles. The summed E-state index contributed by atoms with van der Waals surface area (Å²) in [7, 11) is -4.14. The quantitative estimate of drug-likeness (QED) is 0.786. The number of nitrogens with zero attached hydrogens (tertiary/aromatic N) is 2. The van der Waals surface area contributed by atoms with Crippen molar-refractivity contribution in [2.45, 2.75) is 11.8 Å². The summed E-state index contributed by atoms with van der Waals surface area (Å²) in [6.07, 6.45) is 1.68. The summed E-state index contributed by atoms with van der Waals surface area (Å²) in [5.41, 5.74) is 1.71. The molecule has 6 heteroatoms. The SMILES string of the molecule is Cc1ccc(S(=O)(=O)O)cc1N1C=NCC1. The van der Waals surface area contributed by atoms with Crippen molar-refractivity contribution in [2.24, 2.45) is 4.99 Å². The summed E-state index contributed by atoms with van der Waals surface area (Å²) in [6, 6.07) is 4.52. The third kappa shape index (κ3) is 2.07. The monoisotopic (exact) mass is 240 g/mol. The van der Waals surface area contributed by atoms with E-state index in [4.69, 9.17) is 4.55 Å². The minimum absolute atomic E-state index is 0.0894. The molecule has 1 aliphatic heterocycles. The molecule has 0 aromatic heterocycles. The van der Waals surface area contributed by atoms with Crippen molar-refractivity contribution in [1.29, 1.82) is 0 Å². The zero-order chi connectivity index (χ0) is 11.8. The maximum atomic E-state index is 11.0. The van der Waals surface area contributed by atoms with Crippen LogP contribution in [-0.2, 0) is 10.1 Å². The first kappa shape index (κ1) is 11.1. The Kier molecular flexibility index (Phi) is 2.69. The molecule has 0 saturated heterocycles. The van der Waals surface area contributed by atoms with Crippen LogP contribution in [-0.4, -0.2) is 32.4 Å². The molecule has 16 heavy (non-hydrogen) atoms. The van der Waals surface area contributed by atoms with Crippen molar-refractivity contribution < 1.29 is 13.0 Å². The number of anilines is 1. The molecular weight excluding hydrogens is 228 g/mol. The van der Waals surface area contributed by atoms with Gasteiger partial charge in [0.15, 0.2) is 0 Å². The summed E-state index contributed by atoms with van der Waals surface area (Å²) >= 11 is 0. The molecule has 0 unspecified atom stereocenters. The van der Waals surface area contributed by atoms with Gasteiger partial charge in [-0.15, -0.1) is 0 Å². The third-order valence-corrected chi connectivity index (χ3v) is 3.33. The van der Waals surface area contributed by atoms with Gasteiger partial charge >= 0.3 is 0 Å². The first-order valence-electron chi connectivity index (χ1n) is 4.83. The molecule has 0 aliphatic carbocycles. The maximum absolute atomic E-state index is 11.0. The van der Waals surface area contributed by atoms with Crippen molar-refractivity contribution in [3.8, 4) is 0 Å². The number of aliphatic imine (C=N–C) groups is 1. The van der Waals surface area contributed by atoms with Crippen LogP contribution in [0.25, 0.3) is 0 Å². The van der Waals surface area contributed by atoms with Gasteiger partial charge in [0, 0.05) is 12.2 Å². The Hall–Kier alpha value is -1.40. The van der Waals surface area contributed by atoms with Gasteiger partial charge in [-0.3, -0.25) is 9.55 Å². The fourth-order valence-electron chi connectivity index (χ4n) is 1.62. The maximum Gasteiger partial charge on any atom is 0.294 e. The Morgan fingerprint density at radius 2 is 2.19 bits per heavy atom. The molecule has 0 bridgehead atoms. The fourth-order valence-corrected chi connectivity index (χ4v) is 2.12. The number of aryl methyl sites for hydroxylation is 1. The van der Waals surface area contributed by atoms with E-state index in [2.05, 4.69) is 4.99 Å². The first-order chi connectivity index (χ1) is 7.48. The summed E-state index contributed by atoms with van der Waals surface area (Å²) in [6.45, 7) is 3.32. The molecule has 0 spiro atoms. The first-order valence-corrected chi connectivity index (χ1v) is 6.27. The van der Waals surface area contributed by atoms with E-state index in [0.717, 1.165) is 17.8 Å². The Balaban J connectivity index is 2.48. The van der Waals surface area contributed by atoms with Crippen LogP contribution >= 0.6 is 0 Å². The van der Waals surface area contributed by atoms with Crippen LogP contribution in [0.3, 0.4) is 0 Å². The van der Waals surface area contributed by atoms with Crippen molar-refractivity contribution in [3.63, 3.8) is 0 Å². The predicted octanol–water partition coefficient (Wildman–Crippen LogP) is 1.09. The third-order valence-electron chi connectivity index (χ3n) is 2.48. The average Bonchev–Trinajstić information content (AvgIpc) is 2.69. The lowest BCUT2D eigenvalue weighted by Crippen LogP contribution is -2.19. The highest BCUT2D eigenvalue weighted by molar-refractivity contribution is 7.85. The highest BCUT2D eigenvalue weighted by Crippen LogP contribution is 2.24. The van der Waals surface area contributed by atoms with E-state index in [1.807, 2.05) is 11.8 Å². The second-order valence-corrected chi connectivity index (χ2v) is 5.06. The number of benzene rings is 1. The van der Waals surface area contributed by atoms with Crippen molar-refractivity contribution in [3.05, 3.63) is 23.8 Å². The summed E-state index contributed by atoms with van der Waals surface area (Å²) in [5, 5.41) is 0. The van der Waals surface area contributed by atoms with E-state index < -0.39 is 10.1 Å². The molecule has 86 valence electrons. The Bertz CT molecular complexity index is 537. The zero-order valence-electron chi connectivity index (χ0n) is 8.79. The summed E-state index contributed by atoms with van der Waals surface area (Å²) in [4.78, 5) is 5.84. The molecule has 0 atom stereocenters. The van der Waals surface area contributed by atoms with Crippen LogP contribution in [0, 0.1) is 6.92 Å². The molecule has 2 rings (SSSR count). The smallest absolute Gasteiger partial charge is 0.294 e. The lowest BCUT2D eigenvalue weighted by Gasteiger charge is -2.17. The highest BCUT2D eigenvalue weighted by Gasteiger charge is 2.15. The molecule has 0 saturated carbocycles. The molecule has 0 amide bonds. The minimum atomic E-state index is -4.14. The fraction of sp³-hybridized carbons (Fsp3) is 0.300. The van der Waals surface area contributed by atoms with Crippen LogP contribution in [0.15, 0.2) is 28.1 Å². The average molecular weight is 240 g/mol. The number of hydrogen-bond acceptors (Lipinski definition) is 4. The van der Waals surface area contributed by atoms with E-state index in [9.17, 15) is 8.42 Å². The largest absolute Gasteiger partial charge is 0.331 e. The van der Waals surface area contributed by atoms with E-state index in [0.29, 0.717) is 6.54 Å². The molecule has 1 aromatic rings. The highest BCUT2D eigenvalue weighted by atomic mass is 32.2. The lowest BCUT2D eigenvalue weighted by molar-refractivity contribution is 0.483. The van der Waals surface area contributed by atoms with Gasteiger partial charge in [0.25, 0.3) is 10.1 Å². The van der Waals surface area contributed by atoms with Gasteiger partial charge < -0.3 is 4.90 Å². The van der Waals surface area contributed by atoms with E-state index in [1.54, 1.807) is 12.4 Å². The van der Waals surface area contributed by atoms with Crippen LogP contribution < -0.4 is 4.90 Å². The molecule has 5 nitrogen and oxygen atoms in total. The second-order valence-electron chi connectivity index (χ2n) is 3.64. The van der Waals surface area contributed by atoms with E-state index in [1.165, 1.54) is 12.1 Å². The molecule has 1 aliphatic rings. The van der Waals surface area contributed by atoms with Gasteiger partial charge in [0.1, 0.15) is 0 Å². The predicted molar refractivity (Wildman–Crippen MR) is 61.7 cm³/mol. The van der Waals surface area contributed by atoms with E-state index in [-0.39, 0.29) is 4.90 Å². The summed E-state index contributed by atoms with van der Waals surface area (Å²) < 4.78 is 31.0. The van der Waals surface area contributed by atoms with Crippen molar-refractivity contribution in [2.75, 3.05) is 18.0 Å². The van der Waals surface area contributed by atoms with Gasteiger partial charge in [-0.1, -0.05) is 6.07 Å². The topological polar surface area (TPSA) is 70.0 Å². The minimum Gasteiger partial charge on any atom is -0.331 e. The van der Waals surface area contributed by atoms with Crippen LogP contribution in [0.2, 0.25) is 0 Å². The van der Waals surface area contributed by atoms with Gasteiger partial charge in [-0.25, -0.2) is 0 Å². The zero-order valence-corrected chi connectivity index (χ0v) is 9.61. The Labute approximate surface area is 94.2 Å². The molecule has 0 radical (unpaired) electrons. The molecule has 1 N–H and O–H groups in total. The van der Waals surface area contributed by atoms with Gasteiger partial charge in [0.05, 0.1) is 17.8 Å². The molecule has 1 heterocycles. The van der Waals surface area contributed by atoms with Crippen LogP contribution in [0.1, 0.15) is 5.56 Å². The number of hydrogen-bond donors (Lipinski definition) is 1. The second kappa shape index (κ2) is 3.88. The number of rotatable bonds is 2. The Morgan fingerprint density at radius 3 is 2.75 bits per heavy atom. The Morgan fingerprint density at radius 1 is 1.44 bits per heavy atom. The van der Waals surface area contributed by atoms with Crippen molar-refractivity contribution in [1.82, 2.24) is 0 Å². The standard InChI is InChI=1S/C10H12N2O3S/c1-8-2-3-9(16(13,14)15)6-10(8)12-5-4-11-7-12/h2-3,6-7H,4-5H2,1H3,(H,13,14,15). The van der Waals surface area contributed by atoms with Gasteiger partial charge in [0.2, 0.25) is 0 Å². The van der Waals surface area contributed by atoms with Crippen LogP contribution in [0.4, 0.5) is 5.69 Å².